The number of halogens is 1. The topological polar surface area (TPSA) is 12.0 Å². The van der Waals surface area contributed by atoms with Crippen molar-refractivity contribution >= 4 is 35.2 Å². The van der Waals surface area contributed by atoms with Crippen LogP contribution in [0.2, 0.25) is 0 Å². The van der Waals surface area contributed by atoms with E-state index in [1.165, 1.54) is 0 Å². The molecule has 0 amide bonds. The predicted octanol–water partition coefficient (Wildman–Crippen LogP) is 3.01. The summed E-state index contributed by atoms with van der Waals surface area (Å²) in [5, 5.41) is 3.30. The first-order valence-corrected chi connectivity index (χ1v) is 6.29. The first kappa shape index (κ1) is 12.6. The van der Waals surface area contributed by atoms with Gasteiger partial charge in [-0.2, -0.15) is 12.6 Å². The van der Waals surface area contributed by atoms with Crippen LogP contribution in [0.15, 0.2) is 12.3 Å². The van der Waals surface area contributed by atoms with Crippen molar-refractivity contribution in [3.8, 4) is 0 Å². The van der Waals surface area contributed by atoms with E-state index in [4.69, 9.17) is 0 Å². The molecule has 0 rings (SSSR count). The van der Waals surface area contributed by atoms with Crippen molar-refractivity contribution in [2.24, 2.45) is 0 Å². The number of rotatable bonds is 6. The molecule has 0 heterocycles. The summed E-state index contributed by atoms with van der Waals surface area (Å²) in [6.45, 7) is 9.30. The van der Waals surface area contributed by atoms with Gasteiger partial charge in [0.15, 0.2) is 0 Å². The summed E-state index contributed by atoms with van der Waals surface area (Å²) in [7, 11) is 0. The van der Waals surface area contributed by atoms with Gasteiger partial charge in [0.05, 0.1) is 4.75 Å². The number of nitrogens with one attached hydrogen (secondary N) is 1. The highest BCUT2D eigenvalue weighted by Crippen LogP contribution is 2.29. The minimum Gasteiger partial charge on any atom is -0.387 e. The van der Waals surface area contributed by atoms with Crippen LogP contribution in [0.5, 0.6) is 0 Å². The Balaban J connectivity index is 4.03. The fourth-order valence-corrected chi connectivity index (χ4v) is 1.39. The van der Waals surface area contributed by atoms with Crippen molar-refractivity contribution < 1.29 is 0 Å². The molecule has 0 aliphatic rings. The van der Waals surface area contributed by atoms with Crippen molar-refractivity contribution in [2.45, 2.75) is 31.4 Å². The van der Waals surface area contributed by atoms with Gasteiger partial charge in [0.1, 0.15) is 0 Å². The molecule has 0 saturated carbocycles. The first-order chi connectivity index (χ1) is 5.60. The fourth-order valence-electron chi connectivity index (χ4n) is 1.04. The Morgan fingerprint density at radius 1 is 1.50 bits per heavy atom. The van der Waals surface area contributed by atoms with Crippen LogP contribution >= 0.6 is 35.2 Å². The van der Waals surface area contributed by atoms with E-state index in [9.17, 15) is 0 Å². The van der Waals surface area contributed by atoms with Gasteiger partial charge in [-0.15, -0.1) is 0 Å². The average molecular weight is 299 g/mol. The SMILES string of the molecule is C=C(NCCI)C(S)(CC)CC. The number of hydrogen-bond donors (Lipinski definition) is 2. The lowest BCUT2D eigenvalue weighted by atomic mass is 9.99. The molecule has 3 heteroatoms. The molecule has 0 aliphatic carbocycles. The van der Waals surface area contributed by atoms with Gasteiger partial charge in [-0.25, -0.2) is 0 Å². The maximum Gasteiger partial charge on any atom is 0.0513 e. The van der Waals surface area contributed by atoms with Crippen LogP contribution in [-0.4, -0.2) is 15.7 Å². The highest BCUT2D eigenvalue weighted by molar-refractivity contribution is 14.1. The molecule has 12 heavy (non-hydrogen) atoms. The van der Waals surface area contributed by atoms with Crippen molar-refractivity contribution in [3.63, 3.8) is 0 Å². The summed E-state index contributed by atoms with van der Waals surface area (Å²) in [6, 6.07) is 0. The standard InChI is InChI=1S/C9H18INS/c1-4-9(12,5-2)8(3)11-7-6-10/h11-12H,3-7H2,1-2H3. The molecule has 0 fully saturated rings. The second-order valence-electron chi connectivity index (χ2n) is 2.83. The van der Waals surface area contributed by atoms with Gasteiger partial charge < -0.3 is 5.32 Å². The summed E-state index contributed by atoms with van der Waals surface area (Å²) in [4.78, 5) is 0. The smallest absolute Gasteiger partial charge is 0.0513 e. The van der Waals surface area contributed by atoms with E-state index >= 15 is 0 Å². The summed E-state index contributed by atoms with van der Waals surface area (Å²) < 4.78 is 1.08. The Labute approximate surface area is 94.9 Å². The number of alkyl halides is 1. The second kappa shape index (κ2) is 6.13. The third-order valence-corrected chi connectivity index (χ3v) is 3.61. The molecule has 0 aromatic rings. The molecule has 0 aromatic heterocycles. The minimum absolute atomic E-state index is 0.0220. The second-order valence-corrected chi connectivity index (χ2v) is 4.77. The summed E-state index contributed by atoms with van der Waals surface area (Å²) in [6.07, 6.45) is 2.05. The molecule has 0 unspecified atom stereocenters. The first-order valence-electron chi connectivity index (χ1n) is 4.32. The van der Waals surface area contributed by atoms with Crippen LogP contribution < -0.4 is 5.32 Å². The molecule has 1 nitrogen and oxygen atoms in total. The molecule has 72 valence electrons. The molecule has 0 atom stereocenters. The average Bonchev–Trinajstić information content (AvgIpc) is 2.12. The van der Waals surface area contributed by atoms with Crippen molar-refractivity contribution in [2.75, 3.05) is 11.0 Å². The van der Waals surface area contributed by atoms with Gasteiger partial charge in [-0.3, -0.25) is 0 Å². The van der Waals surface area contributed by atoms with Crippen molar-refractivity contribution in [1.82, 2.24) is 5.32 Å². The summed E-state index contributed by atoms with van der Waals surface area (Å²) >= 11 is 6.97. The molecule has 0 radical (unpaired) electrons. The molecule has 0 spiro atoms. The van der Waals surface area contributed by atoms with Crippen LogP contribution in [0.1, 0.15) is 26.7 Å². The zero-order valence-corrected chi connectivity index (χ0v) is 10.9. The van der Waals surface area contributed by atoms with E-state index in [0.717, 1.165) is 29.5 Å². The van der Waals surface area contributed by atoms with Crippen LogP contribution in [0.25, 0.3) is 0 Å². The predicted molar refractivity (Wildman–Crippen MR) is 68.3 cm³/mol. The number of hydrogen-bond acceptors (Lipinski definition) is 2. The Bertz CT molecular complexity index is 143. The van der Waals surface area contributed by atoms with E-state index < -0.39 is 0 Å². The molecule has 0 bridgehead atoms. The van der Waals surface area contributed by atoms with Crippen LogP contribution in [-0.2, 0) is 0 Å². The van der Waals surface area contributed by atoms with E-state index in [0.29, 0.717) is 0 Å². The highest BCUT2D eigenvalue weighted by Gasteiger charge is 2.23. The molecule has 0 aliphatic heterocycles. The third kappa shape index (κ3) is 3.56. The maximum absolute atomic E-state index is 4.62. The lowest BCUT2D eigenvalue weighted by molar-refractivity contribution is 0.586. The van der Waals surface area contributed by atoms with E-state index in [1.807, 2.05) is 0 Å². The van der Waals surface area contributed by atoms with Gasteiger partial charge in [0, 0.05) is 16.7 Å². The van der Waals surface area contributed by atoms with Crippen molar-refractivity contribution in [3.05, 3.63) is 12.3 Å². The lowest BCUT2D eigenvalue weighted by Gasteiger charge is -2.28. The largest absolute Gasteiger partial charge is 0.387 e. The fraction of sp³-hybridized carbons (Fsp3) is 0.778. The summed E-state index contributed by atoms with van der Waals surface area (Å²) in [5.41, 5.74) is 1.06. The van der Waals surface area contributed by atoms with Crippen LogP contribution in [0.4, 0.5) is 0 Å². The monoisotopic (exact) mass is 299 g/mol. The van der Waals surface area contributed by atoms with E-state index in [2.05, 4.69) is 61.0 Å². The summed E-state index contributed by atoms with van der Waals surface area (Å²) in [5.74, 6) is 0. The van der Waals surface area contributed by atoms with Gasteiger partial charge >= 0.3 is 0 Å². The Morgan fingerprint density at radius 2 is 2.00 bits per heavy atom. The molecule has 0 aromatic carbocycles. The Morgan fingerprint density at radius 3 is 2.33 bits per heavy atom. The number of thiol groups is 1. The zero-order chi connectivity index (χ0) is 9.61. The van der Waals surface area contributed by atoms with Gasteiger partial charge in [-0.1, -0.05) is 43.0 Å². The lowest BCUT2D eigenvalue weighted by Crippen LogP contribution is -2.32. The Hall–Kier alpha value is 0.620. The zero-order valence-electron chi connectivity index (χ0n) is 7.86. The highest BCUT2D eigenvalue weighted by atomic mass is 127. The van der Waals surface area contributed by atoms with E-state index in [-0.39, 0.29) is 4.75 Å². The van der Waals surface area contributed by atoms with Crippen LogP contribution in [0.3, 0.4) is 0 Å². The minimum atomic E-state index is -0.0220. The normalized spacial score (nSPS) is 11.3. The quantitative estimate of drug-likeness (QED) is 0.436. The van der Waals surface area contributed by atoms with E-state index in [1.54, 1.807) is 0 Å². The van der Waals surface area contributed by atoms with Gasteiger partial charge in [0.25, 0.3) is 0 Å². The molecule has 0 saturated heterocycles. The van der Waals surface area contributed by atoms with Gasteiger partial charge in [0.2, 0.25) is 0 Å². The molecular formula is C9H18INS. The molecule has 1 N–H and O–H groups in total. The molecular weight excluding hydrogens is 281 g/mol. The van der Waals surface area contributed by atoms with Crippen molar-refractivity contribution in [1.29, 1.82) is 0 Å². The third-order valence-electron chi connectivity index (χ3n) is 2.16. The Kier molecular flexibility index (Phi) is 6.45. The van der Waals surface area contributed by atoms with Crippen LogP contribution in [0, 0.1) is 0 Å². The van der Waals surface area contributed by atoms with Gasteiger partial charge in [-0.05, 0) is 12.8 Å². The maximum atomic E-state index is 4.62.